The number of hydrogen-bond donors (Lipinski definition) is 6. The summed E-state index contributed by atoms with van der Waals surface area (Å²) < 4.78 is 34.3. The van der Waals surface area contributed by atoms with Gasteiger partial charge in [0, 0.05) is 13.0 Å². The van der Waals surface area contributed by atoms with E-state index in [1.807, 2.05) is 0 Å². The van der Waals surface area contributed by atoms with Crippen molar-refractivity contribution in [3.63, 3.8) is 0 Å². The third kappa shape index (κ3) is 35.7. The van der Waals surface area contributed by atoms with Crippen LogP contribution in [0.5, 0.6) is 0 Å². The van der Waals surface area contributed by atoms with Crippen LogP contribution in [0.15, 0.2) is 60.8 Å². The topological polar surface area (TPSA) is 192 Å². The standard InChI is InChI=1S/C54H97O12P/c1-3-5-7-9-11-13-15-17-19-21-23-24-25-26-28-30-32-34-36-38-40-42-44-63-45-47(46-64-67(61,62)66-54-52(59)50(57)49(56)51(58)53(54)60)65-48(55)43-41-39-37-35-33-31-29-27-22-20-18-16-14-12-10-8-6-4-2/h5,7,11,13,17,19-20,22-24,47,49-54,56-60H,3-4,6,8-10,12,14-16,18,21,25-46H2,1-2H3,(H,61,62)/b7-5-,13-11-,19-17-,22-20-,24-23-. The van der Waals surface area contributed by atoms with Crippen LogP contribution in [0.25, 0.3) is 0 Å². The molecule has 0 saturated heterocycles. The van der Waals surface area contributed by atoms with E-state index in [1.165, 1.54) is 96.3 Å². The highest BCUT2D eigenvalue weighted by Gasteiger charge is 2.51. The van der Waals surface area contributed by atoms with Crippen LogP contribution in [0.4, 0.5) is 0 Å². The van der Waals surface area contributed by atoms with Gasteiger partial charge in [0.25, 0.3) is 0 Å². The number of phosphoric acid groups is 1. The van der Waals surface area contributed by atoms with Crippen molar-refractivity contribution in [2.24, 2.45) is 0 Å². The molecular formula is C54H97O12P. The Balaban J connectivity index is 2.33. The number of ether oxygens (including phenoxy) is 2. The molecule has 0 aromatic carbocycles. The third-order valence-corrected chi connectivity index (χ3v) is 13.1. The number of aliphatic hydroxyl groups excluding tert-OH is 5. The predicted octanol–water partition coefficient (Wildman–Crippen LogP) is 12.1. The highest BCUT2D eigenvalue weighted by Crippen LogP contribution is 2.47. The van der Waals surface area contributed by atoms with E-state index in [9.17, 15) is 39.8 Å². The van der Waals surface area contributed by atoms with Gasteiger partial charge in [-0.25, -0.2) is 4.57 Å². The second kappa shape index (κ2) is 44.0. The summed E-state index contributed by atoms with van der Waals surface area (Å²) in [4.78, 5) is 23.3. The maximum atomic E-state index is 12.9. The van der Waals surface area contributed by atoms with Gasteiger partial charge in [0.05, 0.1) is 13.2 Å². The molecule has 6 unspecified atom stereocenters. The van der Waals surface area contributed by atoms with Crippen LogP contribution in [0, 0.1) is 0 Å². The van der Waals surface area contributed by atoms with Gasteiger partial charge in [-0.3, -0.25) is 13.8 Å². The molecule has 0 aromatic heterocycles. The van der Waals surface area contributed by atoms with E-state index < -0.39 is 63.1 Å². The first-order chi connectivity index (χ1) is 32.5. The molecule has 6 N–H and O–H groups in total. The van der Waals surface area contributed by atoms with Crippen LogP contribution in [0.2, 0.25) is 0 Å². The van der Waals surface area contributed by atoms with Gasteiger partial charge in [-0.15, -0.1) is 0 Å². The molecule has 1 rings (SSSR count). The first kappa shape index (κ1) is 63.1. The quantitative estimate of drug-likeness (QED) is 0.0147. The molecule has 1 aliphatic rings. The first-order valence-electron chi connectivity index (χ1n) is 26.6. The number of rotatable bonds is 45. The Labute approximate surface area is 407 Å². The lowest BCUT2D eigenvalue weighted by molar-refractivity contribution is -0.220. The van der Waals surface area contributed by atoms with E-state index in [-0.39, 0.29) is 13.0 Å². The van der Waals surface area contributed by atoms with Crippen molar-refractivity contribution in [3.8, 4) is 0 Å². The van der Waals surface area contributed by atoms with E-state index in [0.717, 1.165) is 89.9 Å². The Morgan fingerprint density at radius 1 is 0.493 bits per heavy atom. The van der Waals surface area contributed by atoms with Gasteiger partial charge in [0.15, 0.2) is 0 Å². The van der Waals surface area contributed by atoms with Gasteiger partial charge in [0.2, 0.25) is 0 Å². The zero-order chi connectivity index (χ0) is 49.1. The number of carbonyl (C=O) groups excluding carboxylic acids is 1. The van der Waals surface area contributed by atoms with Gasteiger partial charge < -0.3 is 39.9 Å². The molecule has 1 fully saturated rings. The molecular weight excluding hydrogens is 872 g/mol. The zero-order valence-corrected chi connectivity index (χ0v) is 42.8. The van der Waals surface area contributed by atoms with Crippen LogP contribution in [-0.4, -0.2) is 98.9 Å². The molecule has 13 heteroatoms. The summed E-state index contributed by atoms with van der Waals surface area (Å²) in [6.07, 6.45) is 44.2. The van der Waals surface area contributed by atoms with E-state index in [4.69, 9.17) is 18.5 Å². The third-order valence-electron chi connectivity index (χ3n) is 12.1. The van der Waals surface area contributed by atoms with Crippen LogP contribution < -0.4 is 0 Å². The summed E-state index contributed by atoms with van der Waals surface area (Å²) in [6.45, 7) is 4.15. The first-order valence-corrected chi connectivity index (χ1v) is 28.1. The maximum Gasteiger partial charge on any atom is 0.472 e. The van der Waals surface area contributed by atoms with Crippen molar-refractivity contribution in [2.75, 3.05) is 19.8 Å². The van der Waals surface area contributed by atoms with E-state index in [1.54, 1.807) is 0 Å². The van der Waals surface area contributed by atoms with Crippen LogP contribution >= 0.6 is 7.82 Å². The second-order valence-electron chi connectivity index (χ2n) is 18.3. The Bertz CT molecular complexity index is 1340. The Morgan fingerprint density at radius 2 is 0.881 bits per heavy atom. The van der Waals surface area contributed by atoms with E-state index in [2.05, 4.69) is 74.6 Å². The number of phosphoric ester groups is 1. The normalized spacial score (nSPS) is 21.7. The fraction of sp³-hybridized carbons (Fsp3) is 0.796. The van der Waals surface area contributed by atoms with Crippen LogP contribution in [0.3, 0.4) is 0 Å². The lowest BCUT2D eigenvalue weighted by atomic mass is 9.85. The van der Waals surface area contributed by atoms with Crippen LogP contribution in [0.1, 0.15) is 213 Å². The van der Waals surface area contributed by atoms with Crippen molar-refractivity contribution in [3.05, 3.63) is 60.8 Å². The second-order valence-corrected chi connectivity index (χ2v) is 19.7. The van der Waals surface area contributed by atoms with Crippen LogP contribution in [-0.2, 0) is 27.9 Å². The van der Waals surface area contributed by atoms with Crippen molar-refractivity contribution >= 4 is 13.8 Å². The van der Waals surface area contributed by atoms with Crippen molar-refractivity contribution in [1.82, 2.24) is 0 Å². The number of unbranched alkanes of at least 4 members (excludes halogenated alkanes) is 23. The van der Waals surface area contributed by atoms with Gasteiger partial charge in [-0.05, 0) is 77.0 Å². The fourth-order valence-corrected chi connectivity index (χ4v) is 8.90. The van der Waals surface area contributed by atoms with Crippen molar-refractivity contribution < 1.29 is 58.3 Å². The molecule has 0 spiro atoms. The van der Waals surface area contributed by atoms with Gasteiger partial charge >= 0.3 is 13.8 Å². The highest BCUT2D eigenvalue weighted by atomic mass is 31.2. The van der Waals surface area contributed by atoms with Gasteiger partial charge in [-0.2, -0.15) is 0 Å². The molecule has 67 heavy (non-hydrogen) atoms. The molecule has 0 radical (unpaired) electrons. The SMILES string of the molecule is CC/C=C\C/C=C\C/C=C\C/C=C\CCCCCCCCCCCOCC(COP(=O)(O)OC1C(O)C(O)C(O)C(O)C1O)OC(=O)CCCCCCCCC/C=C\CCCCCCCCC. The number of esters is 1. The minimum Gasteiger partial charge on any atom is -0.457 e. The minimum absolute atomic E-state index is 0.0841. The molecule has 1 saturated carbocycles. The summed E-state index contributed by atoms with van der Waals surface area (Å²) in [7, 11) is -5.03. The summed E-state index contributed by atoms with van der Waals surface area (Å²) in [5.41, 5.74) is 0. The maximum absolute atomic E-state index is 12.9. The molecule has 0 bridgehead atoms. The van der Waals surface area contributed by atoms with E-state index in [0.29, 0.717) is 13.0 Å². The van der Waals surface area contributed by atoms with E-state index >= 15 is 0 Å². The number of carbonyl (C=O) groups is 1. The molecule has 12 nitrogen and oxygen atoms in total. The number of allylic oxidation sites excluding steroid dienone is 10. The van der Waals surface area contributed by atoms with Crippen molar-refractivity contribution in [1.29, 1.82) is 0 Å². The molecule has 0 aliphatic heterocycles. The number of aliphatic hydroxyl groups is 5. The highest BCUT2D eigenvalue weighted by molar-refractivity contribution is 7.47. The Morgan fingerprint density at radius 3 is 1.36 bits per heavy atom. The average Bonchev–Trinajstić information content (AvgIpc) is 3.31. The smallest absolute Gasteiger partial charge is 0.457 e. The largest absolute Gasteiger partial charge is 0.472 e. The minimum atomic E-state index is -5.03. The zero-order valence-electron chi connectivity index (χ0n) is 41.9. The molecule has 0 amide bonds. The molecule has 0 aromatic rings. The summed E-state index contributed by atoms with van der Waals surface area (Å²) >= 11 is 0. The molecule has 1 aliphatic carbocycles. The predicted molar refractivity (Wildman–Crippen MR) is 272 cm³/mol. The fourth-order valence-electron chi connectivity index (χ4n) is 7.93. The molecule has 0 heterocycles. The van der Waals surface area contributed by atoms with Gasteiger partial charge in [-0.1, -0.05) is 190 Å². The Kier molecular flexibility index (Phi) is 41.4. The molecule has 390 valence electrons. The number of hydrogen-bond acceptors (Lipinski definition) is 11. The summed E-state index contributed by atoms with van der Waals surface area (Å²) in [6, 6.07) is 0. The van der Waals surface area contributed by atoms with Crippen molar-refractivity contribution in [2.45, 2.75) is 256 Å². The lowest BCUT2D eigenvalue weighted by Crippen LogP contribution is -2.64. The monoisotopic (exact) mass is 969 g/mol. The summed E-state index contributed by atoms with van der Waals surface area (Å²) in [5, 5.41) is 50.3. The average molecular weight is 969 g/mol. The summed E-state index contributed by atoms with van der Waals surface area (Å²) in [5.74, 6) is -0.484. The Hall–Kier alpha value is -1.96. The molecule has 6 atom stereocenters. The lowest BCUT2D eigenvalue weighted by Gasteiger charge is -2.41. The van der Waals surface area contributed by atoms with Gasteiger partial charge in [0.1, 0.15) is 42.7 Å².